The normalized spacial score (nSPS) is 15.0. The lowest BCUT2D eigenvalue weighted by molar-refractivity contribution is 0.0697. The summed E-state index contributed by atoms with van der Waals surface area (Å²) in [7, 11) is 0. The number of nitrogens with one attached hydrogen (secondary N) is 1. The third-order valence-electron chi connectivity index (χ3n) is 1.98. The Balaban J connectivity index is 2.44. The van der Waals surface area contributed by atoms with E-state index in [2.05, 4.69) is 5.32 Å². The molecule has 0 radical (unpaired) electrons. The minimum atomic E-state index is -0.936. The molecule has 0 spiro atoms. The number of furan rings is 1. The smallest absolute Gasteiger partial charge is 0.341 e. The Morgan fingerprint density at radius 3 is 3.25 bits per heavy atom. The first-order chi connectivity index (χ1) is 5.79. The van der Waals surface area contributed by atoms with Gasteiger partial charge in [-0.3, -0.25) is 0 Å². The molecule has 1 aromatic heterocycles. The highest BCUT2D eigenvalue weighted by Crippen LogP contribution is 2.27. The maximum absolute atomic E-state index is 10.6. The molecule has 4 heteroatoms. The van der Waals surface area contributed by atoms with E-state index < -0.39 is 5.97 Å². The maximum atomic E-state index is 10.6. The average Bonchev–Trinajstić information content (AvgIpc) is 2.47. The summed E-state index contributed by atoms with van der Waals surface area (Å²) in [5.41, 5.74) is 0.901. The fraction of sp³-hybridized carbons (Fsp3) is 0.375. The van der Waals surface area contributed by atoms with Gasteiger partial charge in [0.15, 0.2) is 0 Å². The minimum Gasteiger partial charge on any atom is -0.477 e. The fourth-order valence-corrected chi connectivity index (χ4v) is 1.40. The lowest BCUT2D eigenvalue weighted by atomic mass is 10.1. The van der Waals surface area contributed by atoms with Crippen molar-refractivity contribution in [3.8, 4) is 0 Å². The van der Waals surface area contributed by atoms with Crippen LogP contribution in [-0.2, 0) is 6.42 Å². The highest BCUT2D eigenvalue weighted by atomic mass is 16.4. The van der Waals surface area contributed by atoms with Gasteiger partial charge in [-0.25, -0.2) is 4.79 Å². The Morgan fingerprint density at radius 1 is 1.67 bits per heavy atom. The van der Waals surface area contributed by atoms with Crippen molar-refractivity contribution in [3.05, 3.63) is 17.6 Å². The minimum absolute atomic E-state index is 0.240. The van der Waals surface area contributed by atoms with Crippen LogP contribution in [0, 0.1) is 0 Å². The van der Waals surface area contributed by atoms with Gasteiger partial charge in [0.2, 0.25) is 0 Å². The molecule has 0 amide bonds. The molecule has 0 saturated heterocycles. The van der Waals surface area contributed by atoms with Crippen molar-refractivity contribution in [2.75, 3.05) is 11.9 Å². The summed E-state index contributed by atoms with van der Waals surface area (Å²) in [5, 5.41) is 11.7. The van der Waals surface area contributed by atoms with Crippen LogP contribution < -0.4 is 5.32 Å². The molecule has 1 aliphatic heterocycles. The number of fused-ring (bicyclic) bond motifs is 1. The molecule has 4 nitrogen and oxygen atoms in total. The SMILES string of the molecule is O=C(O)c1coc2c1NCCC2. The van der Waals surface area contributed by atoms with Gasteiger partial charge in [-0.05, 0) is 6.42 Å². The second kappa shape index (κ2) is 2.55. The van der Waals surface area contributed by atoms with Crippen LogP contribution in [0.3, 0.4) is 0 Å². The third-order valence-corrected chi connectivity index (χ3v) is 1.98. The standard InChI is InChI=1S/C8H9NO3/c10-8(11)5-4-12-6-2-1-3-9-7(5)6/h4,9H,1-3H2,(H,10,11). The molecule has 12 heavy (non-hydrogen) atoms. The predicted molar refractivity (Wildman–Crippen MR) is 42.5 cm³/mol. The zero-order valence-corrected chi connectivity index (χ0v) is 6.46. The van der Waals surface area contributed by atoms with Crippen LogP contribution in [-0.4, -0.2) is 17.6 Å². The van der Waals surface area contributed by atoms with Gasteiger partial charge in [0, 0.05) is 13.0 Å². The molecule has 2 rings (SSSR count). The zero-order valence-electron chi connectivity index (χ0n) is 6.46. The van der Waals surface area contributed by atoms with Crippen LogP contribution in [0.25, 0.3) is 0 Å². The van der Waals surface area contributed by atoms with Crippen molar-refractivity contribution in [3.63, 3.8) is 0 Å². The van der Waals surface area contributed by atoms with Crippen molar-refractivity contribution < 1.29 is 14.3 Å². The van der Waals surface area contributed by atoms with E-state index in [-0.39, 0.29) is 5.56 Å². The zero-order chi connectivity index (χ0) is 8.55. The van der Waals surface area contributed by atoms with Crippen molar-refractivity contribution in [2.45, 2.75) is 12.8 Å². The number of anilines is 1. The van der Waals surface area contributed by atoms with E-state index in [4.69, 9.17) is 9.52 Å². The number of carboxylic acid groups (broad SMARTS) is 1. The van der Waals surface area contributed by atoms with Gasteiger partial charge < -0.3 is 14.8 Å². The van der Waals surface area contributed by atoms with Crippen molar-refractivity contribution in [2.24, 2.45) is 0 Å². The van der Waals surface area contributed by atoms with E-state index in [1.165, 1.54) is 6.26 Å². The summed E-state index contributed by atoms with van der Waals surface area (Å²) in [5.74, 6) is -0.173. The number of aromatic carboxylic acids is 1. The van der Waals surface area contributed by atoms with Gasteiger partial charge in [0.1, 0.15) is 17.6 Å². The molecule has 0 atom stereocenters. The largest absolute Gasteiger partial charge is 0.477 e. The Hall–Kier alpha value is -1.45. The van der Waals surface area contributed by atoms with E-state index in [0.29, 0.717) is 5.69 Å². The molecular formula is C8H9NO3. The number of carboxylic acids is 1. The molecule has 0 aromatic carbocycles. The first-order valence-electron chi connectivity index (χ1n) is 3.86. The van der Waals surface area contributed by atoms with Crippen molar-refractivity contribution in [1.29, 1.82) is 0 Å². The topological polar surface area (TPSA) is 62.5 Å². The van der Waals surface area contributed by atoms with Crippen LogP contribution in [0.2, 0.25) is 0 Å². The summed E-state index contributed by atoms with van der Waals surface area (Å²) < 4.78 is 5.11. The van der Waals surface area contributed by atoms with Gasteiger partial charge in [0.25, 0.3) is 0 Å². The van der Waals surface area contributed by atoms with Gasteiger partial charge in [-0.1, -0.05) is 0 Å². The molecular weight excluding hydrogens is 158 g/mol. The van der Waals surface area contributed by atoms with Crippen molar-refractivity contribution in [1.82, 2.24) is 0 Å². The second-order valence-corrected chi connectivity index (χ2v) is 2.78. The molecule has 64 valence electrons. The molecule has 0 bridgehead atoms. The lowest BCUT2D eigenvalue weighted by Crippen LogP contribution is -2.12. The average molecular weight is 167 g/mol. The van der Waals surface area contributed by atoms with E-state index in [1.807, 2.05) is 0 Å². The first kappa shape index (κ1) is 7.21. The number of hydrogen-bond donors (Lipinski definition) is 2. The van der Waals surface area contributed by atoms with Crippen molar-refractivity contribution >= 4 is 11.7 Å². The fourth-order valence-electron chi connectivity index (χ4n) is 1.40. The predicted octanol–water partition coefficient (Wildman–Crippen LogP) is 1.34. The first-order valence-corrected chi connectivity index (χ1v) is 3.86. The molecule has 0 aliphatic carbocycles. The van der Waals surface area contributed by atoms with E-state index in [0.717, 1.165) is 25.1 Å². The molecule has 1 aromatic rings. The van der Waals surface area contributed by atoms with Crippen LogP contribution in [0.15, 0.2) is 10.7 Å². The Morgan fingerprint density at radius 2 is 2.50 bits per heavy atom. The molecule has 0 unspecified atom stereocenters. The summed E-state index contributed by atoms with van der Waals surface area (Å²) in [4.78, 5) is 10.6. The summed E-state index contributed by atoms with van der Waals surface area (Å²) in [6, 6.07) is 0. The third kappa shape index (κ3) is 0.958. The van der Waals surface area contributed by atoms with Crippen LogP contribution in [0.5, 0.6) is 0 Å². The number of aryl methyl sites for hydroxylation is 1. The van der Waals surface area contributed by atoms with Crippen LogP contribution in [0.4, 0.5) is 5.69 Å². The number of rotatable bonds is 1. The molecule has 2 heterocycles. The molecule has 0 fully saturated rings. The van der Waals surface area contributed by atoms with Crippen LogP contribution >= 0.6 is 0 Å². The monoisotopic (exact) mass is 167 g/mol. The lowest BCUT2D eigenvalue weighted by Gasteiger charge is -2.12. The van der Waals surface area contributed by atoms with E-state index in [1.54, 1.807) is 0 Å². The summed E-state index contributed by atoms with van der Waals surface area (Å²) in [6.07, 6.45) is 3.13. The maximum Gasteiger partial charge on any atom is 0.341 e. The molecule has 0 saturated carbocycles. The Bertz CT molecular complexity index is 316. The Labute approximate surface area is 69.2 Å². The highest BCUT2D eigenvalue weighted by molar-refractivity contribution is 5.94. The number of carbonyl (C=O) groups is 1. The Kier molecular flexibility index (Phi) is 1.53. The quantitative estimate of drug-likeness (QED) is 0.662. The van der Waals surface area contributed by atoms with Gasteiger partial charge in [0.05, 0.1) is 5.69 Å². The van der Waals surface area contributed by atoms with E-state index in [9.17, 15) is 4.79 Å². The van der Waals surface area contributed by atoms with Gasteiger partial charge in [-0.15, -0.1) is 0 Å². The summed E-state index contributed by atoms with van der Waals surface area (Å²) >= 11 is 0. The highest BCUT2D eigenvalue weighted by Gasteiger charge is 2.20. The molecule has 2 N–H and O–H groups in total. The van der Waals surface area contributed by atoms with Crippen LogP contribution in [0.1, 0.15) is 22.5 Å². The second-order valence-electron chi connectivity index (χ2n) is 2.78. The molecule has 1 aliphatic rings. The number of hydrogen-bond acceptors (Lipinski definition) is 3. The van der Waals surface area contributed by atoms with E-state index >= 15 is 0 Å². The van der Waals surface area contributed by atoms with Gasteiger partial charge >= 0.3 is 5.97 Å². The summed E-state index contributed by atoms with van der Waals surface area (Å²) in [6.45, 7) is 0.826. The van der Waals surface area contributed by atoms with Gasteiger partial charge in [-0.2, -0.15) is 0 Å².